The van der Waals surface area contributed by atoms with Gasteiger partial charge in [-0.2, -0.15) is 0 Å². The van der Waals surface area contributed by atoms with Gasteiger partial charge in [0.2, 0.25) is 0 Å². The van der Waals surface area contributed by atoms with Gasteiger partial charge < -0.3 is 28.1 Å². The number of fused-ring (bicyclic) bond motifs is 1. The van der Waals surface area contributed by atoms with Crippen molar-refractivity contribution in [3.8, 4) is 0 Å². The number of nitrogens with one attached hydrogen (secondary N) is 1. The Hall–Kier alpha value is -2.27. The lowest BCUT2D eigenvalue weighted by atomic mass is 9.97. The zero-order valence-corrected chi connectivity index (χ0v) is 22.8. The number of hydrogen-bond donors (Lipinski definition) is 1. The highest BCUT2D eigenvalue weighted by Gasteiger charge is 2.55. The van der Waals surface area contributed by atoms with Gasteiger partial charge in [-0.25, -0.2) is 4.79 Å². The number of methoxy groups -OCH3 is 1. The van der Waals surface area contributed by atoms with Gasteiger partial charge in [0, 0.05) is 18.4 Å². The Morgan fingerprint density at radius 2 is 1.61 bits per heavy atom. The summed E-state index contributed by atoms with van der Waals surface area (Å²) in [5.41, 5.74) is 1.52. The first-order chi connectivity index (χ1) is 17.1. The maximum Gasteiger partial charge on any atom is 0.412 e. The minimum Gasteiger partial charge on any atom is -0.438 e. The first kappa shape index (κ1) is 26.8. The highest BCUT2D eigenvalue weighted by molar-refractivity contribution is 6.74. The second kappa shape index (κ2) is 11.0. The fraction of sp³-hybridized carbons (Fsp3) is 0.519. The van der Waals surface area contributed by atoms with Crippen LogP contribution in [0.4, 0.5) is 10.5 Å². The van der Waals surface area contributed by atoms with Crippen LogP contribution in [-0.4, -0.2) is 58.8 Å². The number of ether oxygens (including phenoxy) is 5. The molecule has 0 bridgehead atoms. The average molecular weight is 516 g/mol. The largest absolute Gasteiger partial charge is 0.438 e. The molecule has 36 heavy (non-hydrogen) atoms. The molecule has 1 amide bonds. The molecule has 4 rings (SSSR count). The molecule has 6 atom stereocenters. The molecule has 2 aromatic rings. The average Bonchev–Trinajstić information content (AvgIpc) is 2.85. The second-order valence-electron chi connectivity index (χ2n) is 10.7. The first-order valence-electron chi connectivity index (χ1n) is 12.3. The molecule has 2 aromatic carbocycles. The van der Waals surface area contributed by atoms with Gasteiger partial charge in [0.05, 0.1) is 6.61 Å². The maximum absolute atomic E-state index is 12.9. The zero-order chi connectivity index (χ0) is 25.9. The molecule has 2 aliphatic rings. The fourth-order valence-corrected chi connectivity index (χ4v) is 5.39. The Morgan fingerprint density at radius 1 is 0.972 bits per heavy atom. The van der Waals surface area contributed by atoms with E-state index in [1.165, 1.54) is 7.11 Å². The molecule has 8 nitrogen and oxygen atoms in total. The number of hydrogen-bond acceptors (Lipinski definition) is 7. The molecule has 0 aliphatic carbocycles. The van der Waals surface area contributed by atoms with Crippen LogP contribution in [0, 0.1) is 0 Å². The number of carbonyl (C=O) groups excluding carboxylic acids is 1. The predicted octanol–water partition coefficient (Wildman–Crippen LogP) is 5.48. The Morgan fingerprint density at radius 3 is 2.22 bits per heavy atom. The molecule has 2 heterocycles. The van der Waals surface area contributed by atoms with Crippen LogP contribution in [0.1, 0.15) is 32.6 Å². The topological polar surface area (TPSA) is 84.5 Å². The Kier molecular flexibility index (Phi) is 8.18. The van der Waals surface area contributed by atoms with Gasteiger partial charge in [0.25, 0.3) is 0 Å². The van der Waals surface area contributed by atoms with E-state index in [1.54, 1.807) is 12.1 Å². The molecule has 0 saturated carbocycles. The van der Waals surface area contributed by atoms with Gasteiger partial charge in [-0.3, -0.25) is 5.32 Å². The van der Waals surface area contributed by atoms with E-state index in [4.69, 9.17) is 28.1 Å². The summed E-state index contributed by atoms with van der Waals surface area (Å²) in [4.78, 5) is 12.9. The van der Waals surface area contributed by atoms with Crippen molar-refractivity contribution in [2.24, 2.45) is 0 Å². The van der Waals surface area contributed by atoms with Crippen molar-refractivity contribution in [2.45, 2.75) is 75.9 Å². The number of carbonyl (C=O) groups is 1. The molecular weight excluding hydrogens is 478 g/mol. The number of para-hydroxylation sites is 1. The van der Waals surface area contributed by atoms with Crippen LogP contribution >= 0.6 is 0 Å². The molecule has 1 N–H and O–H groups in total. The summed E-state index contributed by atoms with van der Waals surface area (Å²) in [7, 11) is -0.798. The van der Waals surface area contributed by atoms with E-state index in [2.05, 4.69) is 39.2 Å². The summed E-state index contributed by atoms with van der Waals surface area (Å²) in [5, 5.41) is 2.69. The van der Waals surface area contributed by atoms with Gasteiger partial charge >= 0.3 is 6.09 Å². The van der Waals surface area contributed by atoms with Crippen LogP contribution < -0.4 is 5.32 Å². The van der Waals surface area contributed by atoms with Gasteiger partial charge in [0.1, 0.15) is 18.3 Å². The van der Waals surface area contributed by atoms with Crippen molar-refractivity contribution in [2.75, 3.05) is 19.0 Å². The molecule has 0 aromatic heterocycles. The summed E-state index contributed by atoms with van der Waals surface area (Å²) >= 11 is 0. The molecule has 2 fully saturated rings. The van der Waals surface area contributed by atoms with E-state index in [0.29, 0.717) is 12.3 Å². The summed E-state index contributed by atoms with van der Waals surface area (Å²) < 4.78 is 37.1. The molecule has 2 aliphatic heterocycles. The molecule has 196 valence electrons. The van der Waals surface area contributed by atoms with Crippen molar-refractivity contribution >= 4 is 20.1 Å². The summed E-state index contributed by atoms with van der Waals surface area (Å²) in [6.45, 7) is 11.1. The van der Waals surface area contributed by atoms with Gasteiger partial charge in [-0.1, -0.05) is 69.3 Å². The molecule has 2 saturated heterocycles. The third-order valence-corrected chi connectivity index (χ3v) is 11.6. The normalized spacial score (nSPS) is 28.7. The third kappa shape index (κ3) is 5.99. The lowest BCUT2D eigenvalue weighted by Crippen LogP contribution is -2.66. The summed E-state index contributed by atoms with van der Waals surface area (Å²) in [6.07, 6.45) is -4.50. The summed E-state index contributed by atoms with van der Waals surface area (Å²) in [5.74, 6) is 0. The Bertz CT molecular complexity index is 998. The molecule has 9 heteroatoms. The highest BCUT2D eigenvalue weighted by Crippen LogP contribution is 2.42. The van der Waals surface area contributed by atoms with Crippen molar-refractivity contribution in [1.82, 2.24) is 0 Å². The Balaban J connectivity index is 1.63. The van der Waals surface area contributed by atoms with Crippen LogP contribution in [0.25, 0.3) is 0 Å². The van der Waals surface area contributed by atoms with Gasteiger partial charge in [0.15, 0.2) is 27.0 Å². The Labute approximate surface area is 214 Å². The second-order valence-corrected chi connectivity index (χ2v) is 15.4. The third-order valence-electron chi connectivity index (χ3n) is 7.09. The van der Waals surface area contributed by atoms with Crippen molar-refractivity contribution in [3.63, 3.8) is 0 Å². The SMILES string of the molecule is CO[C@H]1O[C@@H]2CO[C@@H](c3ccccc3)O[C@H]2[C@H](O[Si](C)(C)C(C)(C)C)[C@H]1OC(=O)Nc1ccccc1. The monoisotopic (exact) mass is 515 g/mol. The lowest BCUT2D eigenvalue weighted by molar-refractivity contribution is -0.354. The van der Waals surface area contributed by atoms with Crippen molar-refractivity contribution in [3.05, 3.63) is 66.2 Å². The van der Waals surface area contributed by atoms with Crippen molar-refractivity contribution in [1.29, 1.82) is 0 Å². The fourth-order valence-electron chi connectivity index (χ4n) is 4.08. The number of amides is 1. The van der Waals surface area contributed by atoms with E-state index < -0.39 is 51.4 Å². The van der Waals surface area contributed by atoms with Crippen LogP contribution in [0.3, 0.4) is 0 Å². The van der Waals surface area contributed by atoms with Crippen LogP contribution in [0.15, 0.2) is 60.7 Å². The van der Waals surface area contributed by atoms with Gasteiger partial charge in [-0.15, -0.1) is 0 Å². The predicted molar refractivity (Wildman–Crippen MR) is 138 cm³/mol. The van der Waals surface area contributed by atoms with Crippen LogP contribution in [-0.2, 0) is 28.1 Å². The molecule has 0 spiro atoms. The number of rotatable bonds is 6. The lowest BCUT2D eigenvalue weighted by Gasteiger charge is -2.51. The first-order valence-corrected chi connectivity index (χ1v) is 15.2. The minimum atomic E-state index is -2.32. The van der Waals surface area contributed by atoms with Gasteiger partial charge in [-0.05, 0) is 30.3 Å². The zero-order valence-electron chi connectivity index (χ0n) is 21.8. The maximum atomic E-state index is 12.9. The van der Waals surface area contributed by atoms with E-state index in [1.807, 2.05) is 48.5 Å². The van der Waals surface area contributed by atoms with Crippen molar-refractivity contribution < 1.29 is 32.9 Å². The smallest absolute Gasteiger partial charge is 0.412 e. The number of anilines is 1. The van der Waals surface area contributed by atoms with E-state index in [0.717, 1.165) is 5.56 Å². The van der Waals surface area contributed by atoms with Crippen LogP contribution in [0.2, 0.25) is 18.1 Å². The molecule has 0 unspecified atom stereocenters. The molecule has 0 radical (unpaired) electrons. The van der Waals surface area contributed by atoms with E-state index in [-0.39, 0.29) is 5.04 Å². The van der Waals surface area contributed by atoms with E-state index in [9.17, 15) is 4.79 Å². The minimum absolute atomic E-state index is 0.0792. The standard InChI is InChI=1S/C27H37NO7Si/c1-27(2,3)36(5,6)35-22-21-20(17-31-24(33-21)18-13-9-7-10-14-18)32-25(30-4)23(22)34-26(29)28-19-15-11-8-12-16-19/h7-16,20-25H,17H2,1-6H3,(H,28,29)/t20-,21-,22+,23-,24-,25+/m1/s1. The summed E-state index contributed by atoms with van der Waals surface area (Å²) in [6, 6.07) is 18.9. The van der Waals surface area contributed by atoms with E-state index >= 15 is 0 Å². The highest BCUT2D eigenvalue weighted by atomic mass is 28.4. The number of benzene rings is 2. The quantitative estimate of drug-likeness (QED) is 0.510. The van der Waals surface area contributed by atoms with Crippen LogP contribution in [0.5, 0.6) is 0 Å². The molecular formula is C27H37NO7Si.